The molecule has 0 saturated heterocycles. The summed E-state index contributed by atoms with van der Waals surface area (Å²) in [7, 11) is -0.0691. The van der Waals surface area contributed by atoms with Gasteiger partial charge in [-0.3, -0.25) is 13.9 Å². The fourth-order valence-corrected chi connectivity index (χ4v) is 6.81. The van der Waals surface area contributed by atoms with Crippen molar-refractivity contribution in [1.29, 1.82) is 0 Å². The van der Waals surface area contributed by atoms with Crippen molar-refractivity contribution in [3.63, 3.8) is 0 Å². The third-order valence-corrected chi connectivity index (χ3v) is 10.0. The summed E-state index contributed by atoms with van der Waals surface area (Å²) in [5.74, 6) is -0.00592. The molecule has 0 radical (unpaired) electrons. The van der Waals surface area contributed by atoms with Crippen LogP contribution in [0.15, 0.2) is 95.9 Å². The van der Waals surface area contributed by atoms with Crippen LogP contribution < -0.4 is 23.8 Å². The van der Waals surface area contributed by atoms with Crippen LogP contribution in [0.2, 0.25) is 10.0 Å². The van der Waals surface area contributed by atoms with E-state index in [1.807, 2.05) is 37.3 Å². The molecule has 4 aromatic carbocycles. The van der Waals surface area contributed by atoms with E-state index in [1.54, 1.807) is 42.5 Å². The summed E-state index contributed by atoms with van der Waals surface area (Å²) < 4.78 is 46.0. The summed E-state index contributed by atoms with van der Waals surface area (Å²) in [5.41, 5.74) is 1.60. The molecule has 0 aliphatic rings. The number of hydrogen-bond acceptors (Lipinski definition) is 7. The van der Waals surface area contributed by atoms with Crippen LogP contribution in [0.4, 0.5) is 5.69 Å². The maximum atomic E-state index is 14.5. The first-order chi connectivity index (χ1) is 23.0. The highest BCUT2D eigenvalue weighted by atomic mass is 35.5. The van der Waals surface area contributed by atoms with Crippen LogP contribution in [0, 0.1) is 0 Å². The van der Waals surface area contributed by atoms with Gasteiger partial charge in [0.25, 0.3) is 10.0 Å². The summed E-state index contributed by atoms with van der Waals surface area (Å²) in [6, 6.07) is 23.7. The van der Waals surface area contributed by atoms with Crippen molar-refractivity contribution >= 4 is 50.7 Å². The topological polar surface area (TPSA) is 114 Å². The number of carbonyl (C=O) groups is 2. The summed E-state index contributed by atoms with van der Waals surface area (Å²) in [4.78, 5) is 29.2. The van der Waals surface area contributed by atoms with Gasteiger partial charge in [0, 0.05) is 26.1 Å². The van der Waals surface area contributed by atoms with E-state index in [0.29, 0.717) is 28.7 Å². The van der Waals surface area contributed by atoms with Gasteiger partial charge in [-0.1, -0.05) is 59.6 Å². The minimum atomic E-state index is -4.39. The Bertz CT molecular complexity index is 1820. The largest absolute Gasteiger partial charge is 0.494 e. The van der Waals surface area contributed by atoms with Gasteiger partial charge >= 0.3 is 0 Å². The molecule has 1 unspecified atom stereocenters. The summed E-state index contributed by atoms with van der Waals surface area (Å²) in [6.45, 7) is 1.54. The van der Waals surface area contributed by atoms with E-state index in [0.717, 1.165) is 9.87 Å². The number of nitrogens with one attached hydrogen (secondary N) is 1. The van der Waals surface area contributed by atoms with Gasteiger partial charge < -0.3 is 24.4 Å². The van der Waals surface area contributed by atoms with Crippen LogP contribution in [0.1, 0.15) is 18.1 Å². The fraction of sp³-hybridized carbons (Fsp3) is 0.257. The summed E-state index contributed by atoms with van der Waals surface area (Å²) in [6.07, 6.45) is 0.166. The number of anilines is 1. The molecule has 0 fully saturated rings. The Morgan fingerprint density at radius 2 is 1.52 bits per heavy atom. The molecule has 0 aliphatic heterocycles. The van der Waals surface area contributed by atoms with Crippen molar-refractivity contribution in [1.82, 2.24) is 10.2 Å². The van der Waals surface area contributed by atoms with E-state index < -0.39 is 34.4 Å². The number of rotatable bonds is 15. The molecule has 4 aromatic rings. The van der Waals surface area contributed by atoms with Crippen LogP contribution in [0.25, 0.3) is 0 Å². The second-order valence-electron chi connectivity index (χ2n) is 10.5. The zero-order chi connectivity index (χ0) is 34.8. The molecule has 48 heavy (non-hydrogen) atoms. The average molecular weight is 715 g/mol. The lowest BCUT2D eigenvalue weighted by Gasteiger charge is -2.33. The van der Waals surface area contributed by atoms with Gasteiger partial charge in [-0.25, -0.2) is 8.42 Å². The van der Waals surface area contributed by atoms with Crippen LogP contribution in [-0.4, -0.2) is 65.6 Å². The normalized spacial score (nSPS) is 11.7. The minimum Gasteiger partial charge on any atom is -0.494 e. The number of halogens is 2. The molecule has 1 N–H and O–H groups in total. The lowest BCUT2D eigenvalue weighted by Crippen LogP contribution is -2.53. The van der Waals surface area contributed by atoms with Gasteiger partial charge in [-0.2, -0.15) is 0 Å². The number of carbonyl (C=O) groups excluding carboxylic acids is 2. The molecule has 0 saturated carbocycles. The van der Waals surface area contributed by atoms with E-state index in [9.17, 15) is 18.0 Å². The zero-order valence-electron chi connectivity index (χ0n) is 27.0. The van der Waals surface area contributed by atoms with Gasteiger partial charge in [0.2, 0.25) is 11.8 Å². The molecule has 0 aromatic heterocycles. The average Bonchev–Trinajstić information content (AvgIpc) is 3.10. The van der Waals surface area contributed by atoms with E-state index in [-0.39, 0.29) is 34.3 Å². The number of sulfonamides is 1. The molecule has 2 amide bonds. The Kier molecular flexibility index (Phi) is 12.6. The maximum Gasteiger partial charge on any atom is 0.264 e. The molecule has 254 valence electrons. The molecular weight excluding hydrogens is 677 g/mol. The van der Waals surface area contributed by atoms with Crippen molar-refractivity contribution in [3.8, 4) is 17.2 Å². The van der Waals surface area contributed by atoms with Crippen molar-refractivity contribution in [2.24, 2.45) is 0 Å². The molecule has 0 spiro atoms. The second-order valence-corrected chi connectivity index (χ2v) is 13.2. The number of methoxy groups -OCH3 is 2. The SMILES string of the molecule is CCOc1ccc(N(CC(=O)N(Cc2ccc(Cl)c(Cl)c2)C(Cc2ccccc2)C(=O)NC)S(=O)(=O)c2ccc(OC)c(OC)c2)cc1. The number of likely N-dealkylation sites (N-methyl/N-ethyl adjacent to an activating group) is 1. The predicted molar refractivity (Wildman–Crippen MR) is 187 cm³/mol. The highest BCUT2D eigenvalue weighted by Crippen LogP contribution is 2.33. The molecule has 0 bridgehead atoms. The zero-order valence-corrected chi connectivity index (χ0v) is 29.3. The quantitative estimate of drug-likeness (QED) is 0.161. The molecule has 4 rings (SSSR count). The molecule has 0 heterocycles. The van der Waals surface area contributed by atoms with Crippen LogP contribution in [0.5, 0.6) is 17.2 Å². The van der Waals surface area contributed by atoms with E-state index in [4.69, 9.17) is 37.4 Å². The number of amides is 2. The Balaban J connectivity index is 1.83. The minimum absolute atomic E-state index is 0.0613. The third-order valence-electron chi connectivity index (χ3n) is 7.51. The van der Waals surface area contributed by atoms with Gasteiger partial charge in [-0.15, -0.1) is 0 Å². The Hall–Kier alpha value is -4.45. The smallest absolute Gasteiger partial charge is 0.264 e. The van der Waals surface area contributed by atoms with Gasteiger partial charge in [-0.05, 0) is 66.6 Å². The highest BCUT2D eigenvalue weighted by Gasteiger charge is 2.35. The standard InChI is InChI=1S/C35H37Cl2N3O7S/c1-5-47-27-14-12-26(13-15-27)40(48(43,44)28-16-18-32(45-3)33(21-28)46-4)23-34(41)39(22-25-11-17-29(36)30(37)19-25)31(35(42)38-2)20-24-9-7-6-8-10-24/h6-19,21,31H,5,20,22-23H2,1-4H3,(H,38,42). The van der Waals surface area contributed by atoms with Crippen molar-refractivity contribution in [2.45, 2.75) is 30.8 Å². The number of ether oxygens (including phenoxy) is 3. The van der Waals surface area contributed by atoms with Gasteiger partial charge in [0.15, 0.2) is 11.5 Å². The molecular formula is C35H37Cl2N3O7S. The molecule has 1 atom stereocenters. The molecule has 13 heteroatoms. The number of hydrogen-bond donors (Lipinski definition) is 1. The molecule has 10 nitrogen and oxygen atoms in total. The maximum absolute atomic E-state index is 14.5. The van der Waals surface area contributed by atoms with Crippen molar-refractivity contribution in [2.75, 3.05) is 38.7 Å². The number of nitrogens with zero attached hydrogens (tertiary/aromatic N) is 2. The Morgan fingerprint density at radius 3 is 2.12 bits per heavy atom. The van der Waals surface area contributed by atoms with Crippen LogP contribution >= 0.6 is 23.2 Å². The second kappa shape index (κ2) is 16.6. The first-order valence-electron chi connectivity index (χ1n) is 15.0. The van der Waals surface area contributed by atoms with Crippen LogP contribution in [0.3, 0.4) is 0 Å². The van der Waals surface area contributed by atoms with Crippen molar-refractivity contribution in [3.05, 3.63) is 112 Å². The van der Waals surface area contributed by atoms with Gasteiger partial charge in [0.1, 0.15) is 18.3 Å². The van der Waals surface area contributed by atoms with E-state index in [1.165, 1.54) is 44.4 Å². The van der Waals surface area contributed by atoms with Gasteiger partial charge in [0.05, 0.1) is 41.5 Å². The van der Waals surface area contributed by atoms with E-state index in [2.05, 4.69) is 5.32 Å². The summed E-state index contributed by atoms with van der Waals surface area (Å²) >= 11 is 12.5. The highest BCUT2D eigenvalue weighted by molar-refractivity contribution is 7.92. The lowest BCUT2D eigenvalue weighted by molar-refractivity contribution is -0.139. The Labute approximate surface area is 291 Å². The lowest BCUT2D eigenvalue weighted by atomic mass is 10.0. The first kappa shape index (κ1) is 36.4. The first-order valence-corrected chi connectivity index (χ1v) is 17.2. The number of benzene rings is 4. The fourth-order valence-electron chi connectivity index (χ4n) is 5.06. The van der Waals surface area contributed by atoms with Crippen molar-refractivity contribution < 1.29 is 32.2 Å². The van der Waals surface area contributed by atoms with Crippen LogP contribution in [-0.2, 0) is 32.6 Å². The molecule has 0 aliphatic carbocycles. The monoisotopic (exact) mass is 713 g/mol. The third kappa shape index (κ3) is 8.71. The Morgan fingerprint density at radius 1 is 0.833 bits per heavy atom. The predicted octanol–water partition coefficient (Wildman–Crippen LogP) is 5.99. The van der Waals surface area contributed by atoms with E-state index >= 15 is 0 Å². The summed E-state index contributed by atoms with van der Waals surface area (Å²) in [5, 5.41) is 3.26.